The third-order valence-corrected chi connectivity index (χ3v) is 2.42. The topological polar surface area (TPSA) is 3.24 Å². The van der Waals surface area contributed by atoms with E-state index in [4.69, 9.17) is 0 Å². The lowest BCUT2D eigenvalue weighted by atomic mass is 10.3. The van der Waals surface area contributed by atoms with E-state index in [-0.39, 0.29) is 0 Å². The van der Waals surface area contributed by atoms with Crippen LogP contribution < -0.4 is 0 Å². The molecule has 0 amide bonds. The Kier molecular flexibility index (Phi) is 1.66. The van der Waals surface area contributed by atoms with Gasteiger partial charge in [-0.25, -0.2) is 0 Å². The van der Waals surface area contributed by atoms with E-state index in [9.17, 15) is 0 Å². The first-order valence-corrected chi connectivity index (χ1v) is 4.36. The maximum atomic E-state index is 2.44. The highest BCUT2D eigenvalue weighted by Gasteiger charge is 2.21. The maximum Gasteiger partial charge on any atom is 0.0207 e. The molecule has 0 aromatic rings. The van der Waals surface area contributed by atoms with Gasteiger partial charge in [-0.15, -0.1) is 0 Å². The lowest BCUT2D eigenvalue weighted by Crippen LogP contribution is -2.15. The monoisotopic (exact) mass is 137 g/mol. The Bertz CT molecular complexity index is 136. The molecule has 0 saturated heterocycles. The molecule has 2 aliphatic rings. The molecule has 2 rings (SSSR count). The molecule has 0 atom stereocenters. The molecule has 0 aromatic carbocycles. The van der Waals surface area contributed by atoms with Crippen LogP contribution in [0.3, 0.4) is 0 Å². The van der Waals surface area contributed by atoms with E-state index in [0.717, 1.165) is 5.92 Å². The summed E-state index contributed by atoms with van der Waals surface area (Å²) < 4.78 is 0. The molecule has 10 heavy (non-hydrogen) atoms. The summed E-state index contributed by atoms with van der Waals surface area (Å²) in [6, 6.07) is 0. The van der Waals surface area contributed by atoms with Gasteiger partial charge >= 0.3 is 0 Å². The van der Waals surface area contributed by atoms with Gasteiger partial charge in [0.15, 0.2) is 0 Å². The van der Waals surface area contributed by atoms with E-state index in [1.54, 1.807) is 0 Å². The number of hydrogen-bond acceptors (Lipinski definition) is 1. The Morgan fingerprint density at radius 2 is 2.30 bits per heavy atom. The van der Waals surface area contributed by atoms with Crippen LogP contribution in [0.1, 0.15) is 25.7 Å². The van der Waals surface area contributed by atoms with Crippen LogP contribution in [0, 0.1) is 5.92 Å². The van der Waals surface area contributed by atoms with Gasteiger partial charge in [-0.05, 0) is 25.0 Å². The van der Waals surface area contributed by atoms with Gasteiger partial charge in [0, 0.05) is 13.1 Å². The van der Waals surface area contributed by atoms with E-state index < -0.39 is 0 Å². The lowest BCUT2D eigenvalue weighted by Gasteiger charge is -2.13. The van der Waals surface area contributed by atoms with E-state index in [1.165, 1.54) is 38.8 Å². The average molecular weight is 137 g/mol. The van der Waals surface area contributed by atoms with E-state index >= 15 is 0 Å². The molecule has 0 bridgehead atoms. The fraction of sp³-hybridized carbons (Fsp3) is 0.778. The first kappa shape index (κ1) is 6.26. The van der Waals surface area contributed by atoms with Gasteiger partial charge in [0.25, 0.3) is 0 Å². The van der Waals surface area contributed by atoms with Crippen LogP contribution in [0.5, 0.6) is 0 Å². The Balaban J connectivity index is 1.64. The van der Waals surface area contributed by atoms with Gasteiger partial charge in [-0.1, -0.05) is 18.9 Å². The summed E-state index contributed by atoms with van der Waals surface area (Å²) in [6.07, 6.45) is 10.2. The van der Waals surface area contributed by atoms with E-state index in [1.807, 2.05) is 0 Å². The predicted molar refractivity (Wildman–Crippen MR) is 42.7 cm³/mol. The van der Waals surface area contributed by atoms with Crippen LogP contribution in [0.15, 0.2) is 12.3 Å². The van der Waals surface area contributed by atoms with Crippen LogP contribution in [0.2, 0.25) is 0 Å². The van der Waals surface area contributed by atoms with Crippen molar-refractivity contribution in [2.45, 2.75) is 25.7 Å². The Morgan fingerprint density at radius 1 is 1.40 bits per heavy atom. The van der Waals surface area contributed by atoms with Crippen LogP contribution in [-0.2, 0) is 0 Å². The van der Waals surface area contributed by atoms with Gasteiger partial charge in [-0.2, -0.15) is 0 Å². The molecule has 1 aliphatic carbocycles. The summed E-state index contributed by atoms with van der Waals surface area (Å²) in [5.41, 5.74) is 0. The number of hydrogen-bond donors (Lipinski definition) is 0. The van der Waals surface area contributed by atoms with Gasteiger partial charge in [0.05, 0.1) is 0 Å². The van der Waals surface area contributed by atoms with Crippen LogP contribution in [0.25, 0.3) is 0 Å². The summed E-state index contributed by atoms with van der Waals surface area (Å²) in [4.78, 5) is 2.44. The largest absolute Gasteiger partial charge is 0.377 e. The third kappa shape index (κ3) is 1.53. The molecule has 56 valence electrons. The Labute approximate surface area is 62.7 Å². The standard InChI is InChI=1S/C9H15N/c1-2-7-10(6-1)8-5-9-3-4-9/h1,6,9H,2-5,7-8H2. The maximum absolute atomic E-state index is 2.44. The van der Waals surface area contributed by atoms with Gasteiger partial charge < -0.3 is 4.90 Å². The van der Waals surface area contributed by atoms with Crippen LogP contribution >= 0.6 is 0 Å². The molecule has 0 unspecified atom stereocenters. The van der Waals surface area contributed by atoms with Crippen molar-refractivity contribution in [3.8, 4) is 0 Å². The first-order chi connectivity index (χ1) is 4.95. The minimum absolute atomic E-state index is 1.09. The Hall–Kier alpha value is -0.460. The summed E-state index contributed by atoms with van der Waals surface area (Å²) in [6.45, 7) is 2.58. The number of rotatable bonds is 3. The quantitative estimate of drug-likeness (QED) is 0.575. The van der Waals surface area contributed by atoms with Crippen molar-refractivity contribution in [1.29, 1.82) is 0 Å². The fourth-order valence-electron chi connectivity index (χ4n) is 1.48. The molecule has 1 saturated carbocycles. The predicted octanol–water partition coefficient (Wildman–Crippen LogP) is 2.01. The fourth-order valence-corrected chi connectivity index (χ4v) is 1.48. The molecule has 1 heterocycles. The van der Waals surface area contributed by atoms with Crippen molar-refractivity contribution in [3.05, 3.63) is 12.3 Å². The highest BCUT2D eigenvalue weighted by Crippen LogP contribution is 2.32. The SMILES string of the molecule is C1=CN(CCC2CC2)CC1. The molecule has 1 fully saturated rings. The molecule has 0 N–H and O–H groups in total. The highest BCUT2D eigenvalue weighted by molar-refractivity contribution is 4.91. The molecule has 1 aliphatic heterocycles. The summed E-state index contributed by atoms with van der Waals surface area (Å²) >= 11 is 0. The van der Waals surface area contributed by atoms with Crippen molar-refractivity contribution in [2.75, 3.05) is 13.1 Å². The average Bonchev–Trinajstić information content (AvgIpc) is 2.63. The third-order valence-electron chi connectivity index (χ3n) is 2.42. The smallest absolute Gasteiger partial charge is 0.0207 e. The van der Waals surface area contributed by atoms with Gasteiger partial charge in [-0.3, -0.25) is 0 Å². The van der Waals surface area contributed by atoms with Crippen LogP contribution in [0.4, 0.5) is 0 Å². The summed E-state index contributed by atoms with van der Waals surface area (Å²) in [7, 11) is 0. The van der Waals surface area contributed by atoms with Crippen molar-refractivity contribution in [2.24, 2.45) is 5.92 Å². The summed E-state index contributed by atoms with van der Waals surface area (Å²) in [5, 5.41) is 0. The molecule has 0 aromatic heterocycles. The van der Waals surface area contributed by atoms with E-state index in [0.29, 0.717) is 0 Å². The zero-order valence-electron chi connectivity index (χ0n) is 6.42. The van der Waals surface area contributed by atoms with Crippen molar-refractivity contribution in [3.63, 3.8) is 0 Å². The van der Waals surface area contributed by atoms with Crippen LogP contribution in [-0.4, -0.2) is 18.0 Å². The first-order valence-electron chi connectivity index (χ1n) is 4.36. The second-order valence-corrected chi connectivity index (χ2v) is 3.44. The minimum atomic E-state index is 1.09. The van der Waals surface area contributed by atoms with Gasteiger partial charge in [0.2, 0.25) is 0 Å². The van der Waals surface area contributed by atoms with E-state index in [2.05, 4.69) is 17.2 Å². The highest BCUT2D eigenvalue weighted by atomic mass is 15.1. The van der Waals surface area contributed by atoms with Crippen molar-refractivity contribution >= 4 is 0 Å². The van der Waals surface area contributed by atoms with Crippen molar-refractivity contribution in [1.82, 2.24) is 4.90 Å². The number of nitrogens with zero attached hydrogens (tertiary/aromatic N) is 1. The molecular formula is C9H15N. The lowest BCUT2D eigenvalue weighted by molar-refractivity contribution is 0.387. The molecule has 0 spiro atoms. The van der Waals surface area contributed by atoms with Gasteiger partial charge in [0.1, 0.15) is 0 Å². The summed E-state index contributed by atoms with van der Waals surface area (Å²) in [5.74, 6) is 1.09. The molecule has 1 heteroatoms. The normalized spacial score (nSPS) is 24.2. The van der Waals surface area contributed by atoms with Crippen molar-refractivity contribution < 1.29 is 0 Å². The minimum Gasteiger partial charge on any atom is -0.377 e. The molecular weight excluding hydrogens is 122 g/mol. The second-order valence-electron chi connectivity index (χ2n) is 3.44. The zero-order chi connectivity index (χ0) is 6.81. The molecule has 0 radical (unpaired) electrons. The zero-order valence-corrected chi connectivity index (χ0v) is 6.42. The molecule has 1 nitrogen and oxygen atoms in total. The second kappa shape index (κ2) is 2.65. The Morgan fingerprint density at radius 3 is 2.90 bits per heavy atom.